The van der Waals surface area contributed by atoms with Crippen LogP contribution in [0, 0.1) is 0 Å². The first-order chi connectivity index (χ1) is 8.28. The van der Waals surface area contributed by atoms with Crippen molar-refractivity contribution in [2.75, 3.05) is 11.9 Å². The minimum Gasteiger partial charge on any atom is -0.369 e. The molecule has 0 atom stereocenters. The van der Waals surface area contributed by atoms with Crippen LogP contribution in [-0.2, 0) is 12.8 Å². The Labute approximate surface area is 107 Å². The second-order valence-corrected chi connectivity index (χ2v) is 4.17. The SMILES string of the molecule is CCc1nc(Br)cc(NCCc2ncno2)n1. The fourth-order valence-electron chi connectivity index (χ4n) is 1.32. The van der Waals surface area contributed by atoms with Crippen molar-refractivity contribution >= 4 is 21.7 Å². The lowest BCUT2D eigenvalue weighted by atomic mass is 10.4. The molecule has 2 aromatic rings. The van der Waals surface area contributed by atoms with Crippen LogP contribution in [0.2, 0.25) is 0 Å². The topological polar surface area (TPSA) is 76.7 Å². The highest BCUT2D eigenvalue weighted by Crippen LogP contribution is 2.12. The molecule has 0 bridgehead atoms. The van der Waals surface area contributed by atoms with Crippen LogP contribution in [0.4, 0.5) is 5.82 Å². The quantitative estimate of drug-likeness (QED) is 0.849. The fraction of sp³-hybridized carbons (Fsp3) is 0.400. The number of nitrogens with one attached hydrogen (secondary N) is 1. The number of halogens is 1. The zero-order chi connectivity index (χ0) is 12.1. The Morgan fingerprint density at radius 1 is 1.41 bits per heavy atom. The van der Waals surface area contributed by atoms with Crippen molar-refractivity contribution in [1.82, 2.24) is 20.1 Å². The maximum atomic E-state index is 4.90. The van der Waals surface area contributed by atoms with E-state index < -0.39 is 0 Å². The van der Waals surface area contributed by atoms with E-state index in [2.05, 4.69) is 41.4 Å². The van der Waals surface area contributed by atoms with Crippen LogP contribution in [0.15, 0.2) is 21.5 Å². The van der Waals surface area contributed by atoms with Gasteiger partial charge >= 0.3 is 0 Å². The second kappa shape index (κ2) is 5.72. The lowest BCUT2D eigenvalue weighted by Gasteiger charge is -2.05. The average Bonchev–Trinajstić information content (AvgIpc) is 2.81. The van der Waals surface area contributed by atoms with E-state index in [4.69, 9.17) is 4.52 Å². The maximum Gasteiger partial charge on any atom is 0.228 e. The van der Waals surface area contributed by atoms with E-state index in [0.717, 1.165) is 22.7 Å². The number of aromatic nitrogens is 4. The molecule has 0 radical (unpaired) electrons. The van der Waals surface area contributed by atoms with Gasteiger partial charge in [-0.15, -0.1) is 0 Å². The number of nitrogens with zero attached hydrogens (tertiary/aromatic N) is 4. The first-order valence-electron chi connectivity index (χ1n) is 5.31. The molecule has 1 N–H and O–H groups in total. The van der Waals surface area contributed by atoms with Gasteiger partial charge in [-0.25, -0.2) is 9.97 Å². The molecule has 0 amide bonds. The van der Waals surface area contributed by atoms with E-state index >= 15 is 0 Å². The van der Waals surface area contributed by atoms with E-state index in [1.165, 1.54) is 6.33 Å². The molecular weight excluding hydrogens is 286 g/mol. The van der Waals surface area contributed by atoms with Crippen LogP contribution in [0.3, 0.4) is 0 Å². The van der Waals surface area contributed by atoms with Crippen LogP contribution in [0.1, 0.15) is 18.6 Å². The van der Waals surface area contributed by atoms with Crippen molar-refractivity contribution in [3.05, 3.63) is 28.7 Å². The summed E-state index contributed by atoms with van der Waals surface area (Å²) in [6, 6.07) is 1.84. The summed E-state index contributed by atoms with van der Waals surface area (Å²) in [6.45, 7) is 2.71. The lowest BCUT2D eigenvalue weighted by Crippen LogP contribution is -2.08. The van der Waals surface area contributed by atoms with E-state index in [1.54, 1.807) is 0 Å². The zero-order valence-corrected chi connectivity index (χ0v) is 10.9. The molecule has 7 heteroatoms. The molecule has 90 valence electrons. The summed E-state index contributed by atoms with van der Waals surface area (Å²) in [4.78, 5) is 12.5. The standard InChI is InChI=1S/C10H12BrN5O/c1-2-8-15-7(11)5-9(16-8)12-4-3-10-13-6-14-17-10/h5-6H,2-4H2,1H3,(H,12,15,16). The van der Waals surface area contributed by atoms with Crippen LogP contribution in [0.25, 0.3) is 0 Å². The van der Waals surface area contributed by atoms with Crippen molar-refractivity contribution in [3.63, 3.8) is 0 Å². The normalized spacial score (nSPS) is 10.5. The predicted molar refractivity (Wildman–Crippen MR) is 65.6 cm³/mol. The van der Waals surface area contributed by atoms with E-state index in [-0.39, 0.29) is 0 Å². The zero-order valence-electron chi connectivity index (χ0n) is 9.35. The molecule has 2 heterocycles. The van der Waals surface area contributed by atoms with Gasteiger partial charge in [0.2, 0.25) is 5.89 Å². The van der Waals surface area contributed by atoms with Crippen molar-refractivity contribution in [2.24, 2.45) is 0 Å². The molecule has 6 nitrogen and oxygen atoms in total. The van der Waals surface area contributed by atoms with Crippen molar-refractivity contribution < 1.29 is 4.52 Å². The summed E-state index contributed by atoms with van der Waals surface area (Å²) in [5, 5.41) is 6.73. The molecule has 2 aromatic heterocycles. The highest BCUT2D eigenvalue weighted by atomic mass is 79.9. The van der Waals surface area contributed by atoms with E-state index in [9.17, 15) is 0 Å². The van der Waals surface area contributed by atoms with Crippen molar-refractivity contribution in [3.8, 4) is 0 Å². The summed E-state index contributed by atoms with van der Waals surface area (Å²) in [6.07, 6.45) is 2.87. The van der Waals surface area contributed by atoms with Gasteiger partial charge in [0.1, 0.15) is 16.2 Å². The minimum atomic E-state index is 0.612. The fourth-order valence-corrected chi connectivity index (χ4v) is 1.74. The summed E-state index contributed by atoms with van der Waals surface area (Å²) in [7, 11) is 0. The first kappa shape index (κ1) is 12.0. The first-order valence-corrected chi connectivity index (χ1v) is 6.10. The van der Waals surface area contributed by atoms with Crippen LogP contribution in [-0.4, -0.2) is 26.7 Å². The molecule has 0 unspecified atom stereocenters. The van der Waals surface area contributed by atoms with Crippen LogP contribution in [0.5, 0.6) is 0 Å². The van der Waals surface area contributed by atoms with Gasteiger partial charge < -0.3 is 9.84 Å². The monoisotopic (exact) mass is 297 g/mol. The Bertz CT molecular complexity index is 474. The van der Waals surface area contributed by atoms with Crippen molar-refractivity contribution in [1.29, 1.82) is 0 Å². The smallest absolute Gasteiger partial charge is 0.228 e. The molecule has 0 aliphatic carbocycles. The molecular formula is C10H12BrN5O. The molecule has 0 aliphatic rings. The Kier molecular flexibility index (Phi) is 4.03. The molecule has 0 saturated heterocycles. The van der Waals surface area contributed by atoms with Gasteiger partial charge in [0.25, 0.3) is 0 Å². The average molecular weight is 298 g/mol. The Hall–Kier alpha value is -1.50. The second-order valence-electron chi connectivity index (χ2n) is 3.36. The Morgan fingerprint density at radius 3 is 3.00 bits per heavy atom. The van der Waals surface area contributed by atoms with Crippen LogP contribution >= 0.6 is 15.9 Å². The highest BCUT2D eigenvalue weighted by molar-refractivity contribution is 9.10. The largest absolute Gasteiger partial charge is 0.369 e. The summed E-state index contributed by atoms with van der Waals surface area (Å²) in [5.74, 6) is 2.21. The van der Waals surface area contributed by atoms with Gasteiger partial charge in [-0.2, -0.15) is 4.98 Å². The van der Waals surface area contributed by atoms with Gasteiger partial charge in [0, 0.05) is 25.5 Å². The van der Waals surface area contributed by atoms with Crippen molar-refractivity contribution in [2.45, 2.75) is 19.8 Å². The maximum absolute atomic E-state index is 4.90. The van der Waals surface area contributed by atoms with Gasteiger partial charge in [-0.1, -0.05) is 12.1 Å². The predicted octanol–water partition coefficient (Wildman–Crippen LogP) is 1.84. The number of aryl methyl sites for hydroxylation is 1. The molecule has 0 aliphatic heterocycles. The van der Waals surface area contributed by atoms with Gasteiger partial charge in [0.05, 0.1) is 0 Å². The molecule has 2 rings (SSSR count). The number of rotatable bonds is 5. The van der Waals surface area contributed by atoms with E-state index in [0.29, 0.717) is 18.9 Å². The van der Waals surface area contributed by atoms with Gasteiger partial charge in [0.15, 0.2) is 6.33 Å². The molecule has 0 aromatic carbocycles. The Balaban J connectivity index is 1.92. The summed E-state index contributed by atoms with van der Waals surface area (Å²) < 4.78 is 5.68. The number of hydrogen-bond donors (Lipinski definition) is 1. The third-order valence-corrected chi connectivity index (χ3v) is 2.52. The van der Waals surface area contributed by atoms with Gasteiger partial charge in [-0.3, -0.25) is 0 Å². The summed E-state index contributed by atoms with van der Waals surface area (Å²) in [5.41, 5.74) is 0. The molecule has 0 fully saturated rings. The number of anilines is 1. The third kappa shape index (κ3) is 3.48. The van der Waals surface area contributed by atoms with E-state index in [1.807, 2.05) is 13.0 Å². The van der Waals surface area contributed by atoms with Crippen LogP contribution < -0.4 is 5.32 Å². The number of hydrogen-bond acceptors (Lipinski definition) is 6. The molecule has 0 saturated carbocycles. The van der Waals surface area contributed by atoms with Gasteiger partial charge in [-0.05, 0) is 15.9 Å². The molecule has 0 spiro atoms. The Morgan fingerprint density at radius 2 is 2.29 bits per heavy atom. The minimum absolute atomic E-state index is 0.612. The highest BCUT2D eigenvalue weighted by Gasteiger charge is 2.02. The molecule has 17 heavy (non-hydrogen) atoms. The lowest BCUT2D eigenvalue weighted by molar-refractivity contribution is 0.379. The summed E-state index contributed by atoms with van der Waals surface area (Å²) >= 11 is 3.35. The third-order valence-electron chi connectivity index (χ3n) is 2.11.